The minimum absolute atomic E-state index is 0.0772. The van der Waals surface area contributed by atoms with Gasteiger partial charge in [0.25, 0.3) is 5.91 Å². The molecule has 1 fully saturated rings. The number of nitrogens with zero attached hydrogens (tertiary/aromatic N) is 1. The zero-order valence-electron chi connectivity index (χ0n) is 15.1. The Morgan fingerprint density at radius 1 is 1.04 bits per heavy atom. The third-order valence-corrected chi connectivity index (χ3v) is 6.36. The van der Waals surface area contributed by atoms with Crippen LogP contribution in [0.2, 0.25) is 0 Å². The monoisotopic (exact) mass is 370 g/mol. The van der Waals surface area contributed by atoms with Crippen LogP contribution in [0.15, 0.2) is 36.4 Å². The molecule has 1 aliphatic heterocycles. The van der Waals surface area contributed by atoms with Crippen molar-refractivity contribution >= 4 is 27.9 Å². The predicted molar refractivity (Wildman–Crippen MR) is 107 cm³/mol. The molecule has 0 radical (unpaired) electrons. The maximum Gasteiger partial charge on any atom is 0.261 e. The zero-order valence-corrected chi connectivity index (χ0v) is 15.9. The highest BCUT2D eigenvalue weighted by Crippen LogP contribution is 2.39. The lowest BCUT2D eigenvalue weighted by atomic mass is 9.97. The number of hydrogen-bond acceptors (Lipinski definition) is 4. The molecule has 5 heteroatoms. The maximum atomic E-state index is 12.7. The van der Waals surface area contributed by atoms with Gasteiger partial charge in [0.2, 0.25) is 0 Å². The largest absolute Gasteiger partial charge is 0.490 e. The van der Waals surface area contributed by atoms with E-state index in [1.165, 1.54) is 32.1 Å². The first-order valence-electron chi connectivity index (χ1n) is 9.71. The summed E-state index contributed by atoms with van der Waals surface area (Å²) in [6.45, 7) is 1.47. The highest BCUT2D eigenvalue weighted by Gasteiger charge is 2.22. The summed E-state index contributed by atoms with van der Waals surface area (Å²) in [7, 11) is 0. The van der Waals surface area contributed by atoms with Crippen molar-refractivity contribution in [3.05, 3.63) is 41.3 Å². The number of anilines is 2. The van der Waals surface area contributed by atoms with Gasteiger partial charge in [0, 0.05) is 6.04 Å². The third kappa shape index (κ3) is 3.88. The summed E-state index contributed by atoms with van der Waals surface area (Å²) in [6, 6.07) is 12.4. The number of fused-ring (bicyclic) bond motifs is 1. The molecule has 4 nitrogen and oxygen atoms in total. The van der Waals surface area contributed by atoms with Gasteiger partial charge < -0.3 is 15.0 Å². The molecule has 1 amide bonds. The Morgan fingerprint density at radius 3 is 2.65 bits per heavy atom. The van der Waals surface area contributed by atoms with E-state index < -0.39 is 0 Å². The van der Waals surface area contributed by atoms with Crippen molar-refractivity contribution < 1.29 is 9.53 Å². The summed E-state index contributed by atoms with van der Waals surface area (Å²) in [4.78, 5) is 15.8. The van der Waals surface area contributed by atoms with Gasteiger partial charge in [0.15, 0.2) is 0 Å². The van der Waals surface area contributed by atoms with Crippen LogP contribution in [0.1, 0.15) is 54.6 Å². The molecule has 0 unspecified atom stereocenters. The van der Waals surface area contributed by atoms with Crippen molar-refractivity contribution in [1.82, 2.24) is 5.32 Å². The van der Waals surface area contributed by atoms with Crippen LogP contribution in [0, 0.1) is 0 Å². The number of benzene rings is 1. The van der Waals surface area contributed by atoms with E-state index in [1.807, 2.05) is 24.3 Å². The molecule has 4 rings (SSSR count). The molecule has 1 aromatic heterocycles. The van der Waals surface area contributed by atoms with Gasteiger partial charge in [-0.3, -0.25) is 4.79 Å². The Hall–Kier alpha value is -2.01. The first-order valence-corrected chi connectivity index (χ1v) is 10.5. The van der Waals surface area contributed by atoms with Crippen LogP contribution in [-0.2, 0) is 0 Å². The van der Waals surface area contributed by atoms with Gasteiger partial charge in [0.1, 0.15) is 12.4 Å². The summed E-state index contributed by atoms with van der Waals surface area (Å²) in [5, 5.41) is 4.37. The molecule has 26 heavy (non-hydrogen) atoms. The van der Waals surface area contributed by atoms with Gasteiger partial charge in [0.05, 0.1) is 22.1 Å². The van der Waals surface area contributed by atoms with Gasteiger partial charge >= 0.3 is 0 Å². The number of hydrogen-bond donors (Lipinski definition) is 1. The van der Waals surface area contributed by atoms with Crippen molar-refractivity contribution in [2.75, 3.05) is 18.1 Å². The molecule has 2 aromatic rings. The van der Waals surface area contributed by atoms with Crippen LogP contribution in [0.4, 0.5) is 10.7 Å². The Bertz CT molecular complexity index is 750. The Labute approximate surface area is 159 Å². The number of nitrogens with one attached hydrogen (secondary N) is 1. The molecule has 0 bridgehead atoms. The molecule has 1 aromatic carbocycles. The second-order valence-electron chi connectivity index (χ2n) is 7.12. The lowest BCUT2D eigenvalue weighted by molar-refractivity contribution is 0.0934. The highest BCUT2D eigenvalue weighted by molar-refractivity contribution is 7.18. The fourth-order valence-corrected chi connectivity index (χ4v) is 4.80. The molecule has 2 aliphatic rings. The Balaban J connectivity index is 1.45. The standard InChI is InChI=1S/C21H26N2O2S/c24-21(22-16-8-4-2-1-3-5-9-16)19-12-13-20(26-19)23-14-15-25-18-11-7-6-10-17(18)23/h6-7,10-13,16H,1-5,8-9,14-15H2,(H,22,24). The predicted octanol–water partition coefficient (Wildman–Crippen LogP) is 5.12. The quantitative estimate of drug-likeness (QED) is 0.815. The van der Waals surface area contributed by atoms with Crippen molar-refractivity contribution in [2.24, 2.45) is 0 Å². The summed E-state index contributed by atoms with van der Waals surface area (Å²) in [5.41, 5.74) is 1.08. The number of amides is 1. The summed E-state index contributed by atoms with van der Waals surface area (Å²) in [5.74, 6) is 0.987. The van der Waals surface area contributed by atoms with Gasteiger partial charge in [-0.05, 0) is 37.1 Å². The van der Waals surface area contributed by atoms with Crippen molar-refractivity contribution in [3.8, 4) is 5.75 Å². The van der Waals surface area contributed by atoms with E-state index in [-0.39, 0.29) is 5.91 Å². The lowest BCUT2D eigenvalue weighted by Gasteiger charge is -2.29. The van der Waals surface area contributed by atoms with Crippen LogP contribution in [0.25, 0.3) is 0 Å². The van der Waals surface area contributed by atoms with E-state index in [4.69, 9.17) is 4.74 Å². The first kappa shape index (κ1) is 17.4. The van der Waals surface area contributed by atoms with Crippen LogP contribution in [-0.4, -0.2) is 25.1 Å². The summed E-state index contributed by atoms with van der Waals surface area (Å²) < 4.78 is 5.74. The fraction of sp³-hybridized carbons (Fsp3) is 0.476. The number of rotatable bonds is 3. The van der Waals surface area contributed by atoms with Crippen molar-refractivity contribution in [3.63, 3.8) is 0 Å². The van der Waals surface area contributed by atoms with Gasteiger partial charge in [-0.1, -0.05) is 44.2 Å². The van der Waals surface area contributed by atoms with Crippen LogP contribution < -0.4 is 15.0 Å². The Morgan fingerprint density at radius 2 is 1.81 bits per heavy atom. The smallest absolute Gasteiger partial charge is 0.261 e. The van der Waals surface area contributed by atoms with E-state index in [0.29, 0.717) is 12.6 Å². The molecule has 1 saturated carbocycles. The minimum atomic E-state index is 0.0772. The third-order valence-electron chi connectivity index (χ3n) is 5.25. The average Bonchev–Trinajstić information content (AvgIpc) is 3.13. The number of carbonyl (C=O) groups excluding carboxylic acids is 1. The van der Waals surface area contributed by atoms with Crippen molar-refractivity contribution in [1.29, 1.82) is 0 Å². The molecular weight excluding hydrogens is 344 g/mol. The molecule has 2 heterocycles. The van der Waals surface area contributed by atoms with Crippen LogP contribution in [0.5, 0.6) is 5.75 Å². The molecule has 1 N–H and O–H groups in total. The van der Waals surface area contributed by atoms with E-state index in [2.05, 4.69) is 22.3 Å². The van der Waals surface area contributed by atoms with Gasteiger partial charge in [-0.2, -0.15) is 0 Å². The molecular formula is C21H26N2O2S. The van der Waals surface area contributed by atoms with E-state index in [1.54, 1.807) is 11.3 Å². The fourth-order valence-electron chi connectivity index (χ4n) is 3.85. The first-order chi connectivity index (χ1) is 12.8. The number of carbonyl (C=O) groups is 1. The van der Waals surface area contributed by atoms with Gasteiger partial charge in [-0.15, -0.1) is 11.3 Å². The second kappa shape index (κ2) is 8.12. The highest BCUT2D eigenvalue weighted by atomic mass is 32.1. The topological polar surface area (TPSA) is 41.6 Å². The number of ether oxygens (including phenoxy) is 1. The van der Waals surface area contributed by atoms with Crippen LogP contribution in [0.3, 0.4) is 0 Å². The molecule has 0 saturated heterocycles. The second-order valence-corrected chi connectivity index (χ2v) is 8.18. The molecule has 0 atom stereocenters. The number of para-hydroxylation sites is 2. The normalized spacial score (nSPS) is 18.4. The summed E-state index contributed by atoms with van der Waals surface area (Å²) >= 11 is 1.57. The van der Waals surface area contributed by atoms with Crippen LogP contribution >= 0.6 is 11.3 Å². The van der Waals surface area contributed by atoms with E-state index >= 15 is 0 Å². The summed E-state index contributed by atoms with van der Waals surface area (Å²) in [6.07, 6.45) is 8.62. The number of thiophene rings is 1. The van der Waals surface area contributed by atoms with Gasteiger partial charge in [-0.25, -0.2) is 0 Å². The molecule has 0 spiro atoms. The van der Waals surface area contributed by atoms with Crippen molar-refractivity contribution in [2.45, 2.75) is 51.0 Å². The zero-order chi connectivity index (χ0) is 17.8. The van der Waals surface area contributed by atoms with E-state index in [9.17, 15) is 4.79 Å². The molecule has 1 aliphatic carbocycles. The molecule has 138 valence electrons. The lowest BCUT2D eigenvalue weighted by Crippen LogP contribution is -2.34. The SMILES string of the molecule is O=C(NC1CCCCCCC1)c1ccc(N2CCOc3ccccc32)s1. The maximum absolute atomic E-state index is 12.7. The van der Waals surface area contributed by atoms with E-state index in [0.717, 1.165) is 40.7 Å². The average molecular weight is 371 g/mol. The Kier molecular flexibility index (Phi) is 5.44. The minimum Gasteiger partial charge on any atom is -0.490 e.